The van der Waals surface area contributed by atoms with Crippen molar-refractivity contribution >= 4 is 17.3 Å². The lowest BCUT2D eigenvalue weighted by Gasteiger charge is -2.16. The average molecular weight is 411 g/mol. The molecule has 30 heavy (non-hydrogen) atoms. The highest BCUT2D eigenvalue weighted by Gasteiger charge is 2.25. The van der Waals surface area contributed by atoms with Gasteiger partial charge in [-0.15, -0.1) is 0 Å². The summed E-state index contributed by atoms with van der Waals surface area (Å²) in [4.78, 5) is 24.8. The molecule has 0 aliphatic heterocycles. The first-order chi connectivity index (χ1) is 14.7. The Morgan fingerprint density at radius 2 is 1.40 bits per heavy atom. The fraction of sp³-hybridized carbons (Fsp3) is 0.304. The van der Waals surface area contributed by atoms with Crippen molar-refractivity contribution in [1.82, 2.24) is 0 Å². The minimum absolute atomic E-state index is 0.184. The van der Waals surface area contributed by atoms with Gasteiger partial charge in [-0.2, -0.15) is 0 Å². The number of hydrogen-bond donors (Lipinski definition) is 1. The van der Waals surface area contributed by atoms with Crippen molar-refractivity contribution in [2.75, 3.05) is 52.1 Å². The number of anilines is 1. The van der Waals surface area contributed by atoms with Gasteiger partial charge in [0.15, 0.2) is 5.78 Å². The highest BCUT2D eigenvalue weighted by atomic mass is 16.6. The molecule has 0 heterocycles. The summed E-state index contributed by atoms with van der Waals surface area (Å²) in [5.74, 6) is 0.302. The van der Waals surface area contributed by atoms with Gasteiger partial charge in [-0.25, -0.2) is 0 Å². The molecule has 1 N–H and O–H groups in total. The Bertz CT molecular complexity index is 891. The summed E-state index contributed by atoms with van der Waals surface area (Å²) in [6.45, 7) is 3.02. The summed E-state index contributed by atoms with van der Waals surface area (Å²) in [5, 5.41) is 3.02. The molecular weight excluding hydrogens is 386 g/mol. The number of carbonyl (C=O) groups excluding carboxylic acids is 2. The van der Waals surface area contributed by atoms with Crippen molar-refractivity contribution in [1.29, 1.82) is 0 Å². The van der Waals surface area contributed by atoms with Crippen LogP contribution < -0.4 is 10.1 Å². The molecule has 2 aromatic rings. The molecule has 0 spiro atoms. The van der Waals surface area contributed by atoms with Crippen LogP contribution in [0.1, 0.15) is 20.7 Å². The van der Waals surface area contributed by atoms with E-state index >= 15 is 0 Å². The van der Waals surface area contributed by atoms with Gasteiger partial charge in [0.1, 0.15) is 12.4 Å². The van der Waals surface area contributed by atoms with Crippen molar-refractivity contribution in [3.8, 4) is 5.75 Å². The predicted molar refractivity (Wildman–Crippen MR) is 112 cm³/mol. The molecule has 0 radical (unpaired) electrons. The Morgan fingerprint density at radius 3 is 2.10 bits per heavy atom. The number of Topliss-reactive ketones (excluding diaryl/α,β-unsaturated/α-hetero) is 1. The topological polar surface area (TPSA) is 83.1 Å². The molecule has 0 amide bonds. The van der Waals surface area contributed by atoms with E-state index in [1.165, 1.54) is 6.08 Å². The van der Waals surface area contributed by atoms with E-state index in [9.17, 15) is 9.59 Å². The van der Waals surface area contributed by atoms with E-state index in [1.54, 1.807) is 55.6 Å². The lowest BCUT2D eigenvalue weighted by Crippen LogP contribution is -2.21. The zero-order chi connectivity index (χ0) is 21.2. The Hall–Kier alpha value is -3.00. The third-order valence-electron chi connectivity index (χ3n) is 4.39. The average Bonchev–Trinajstić information content (AvgIpc) is 2.77. The number of methoxy groups -OCH3 is 1. The molecule has 0 atom stereocenters. The number of rotatable bonds is 12. The molecular formula is C23H25NO6. The molecule has 7 heteroatoms. The van der Waals surface area contributed by atoms with Crippen molar-refractivity contribution in [3.05, 3.63) is 71.4 Å². The van der Waals surface area contributed by atoms with Crippen LogP contribution in [0.5, 0.6) is 5.75 Å². The molecule has 1 aliphatic rings. The summed E-state index contributed by atoms with van der Waals surface area (Å²) < 4.78 is 21.2. The van der Waals surface area contributed by atoms with Crippen molar-refractivity contribution in [2.24, 2.45) is 0 Å². The number of fused-ring (bicyclic) bond motifs is 1. The van der Waals surface area contributed by atoms with Crippen LogP contribution in [0.3, 0.4) is 0 Å². The SMILES string of the molecule is COCCOCCOCCOc1ccc(NC2=CC(=O)c3ccccc3C2=O)cc1. The minimum Gasteiger partial charge on any atom is -0.491 e. The quantitative estimate of drug-likeness (QED) is 0.537. The van der Waals surface area contributed by atoms with Crippen molar-refractivity contribution in [2.45, 2.75) is 0 Å². The molecule has 3 rings (SSSR count). The summed E-state index contributed by atoms with van der Waals surface area (Å²) in [5.41, 5.74) is 1.80. The molecule has 1 aliphatic carbocycles. The Kier molecular flexibility index (Phi) is 8.14. The predicted octanol–water partition coefficient (Wildman–Crippen LogP) is 3.12. The summed E-state index contributed by atoms with van der Waals surface area (Å²) in [6, 6.07) is 14.0. The standard InChI is InChI=1S/C23H25NO6/c1-27-10-11-28-12-13-29-14-15-30-18-8-6-17(7-9-18)24-21-16-22(25)19-4-2-3-5-20(19)23(21)26/h2-9,16,24H,10-15H2,1H3. The zero-order valence-electron chi connectivity index (χ0n) is 16.9. The second-order valence-electron chi connectivity index (χ2n) is 6.51. The molecule has 2 aromatic carbocycles. The van der Waals surface area contributed by atoms with E-state index in [-0.39, 0.29) is 17.3 Å². The van der Waals surface area contributed by atoms with Crippen LogP contribution in [-0.2, 0) is 14.2 Å². The fourth-order valence-corrected chi connectivity index (χ4v) is 2.88. The van der Waals surface area contributed by atoms with Crippen LogP contribution in [0.4, 0.5) is 5.69 Å². The maximum absolute atomic E-state index is 12.6. The molecule has 0 bridgehead atoms. The Labute approximate surface area is 175 Å². The number of benzene rings is 2. The number of hydrogen-bond acceptors (Lipinski definition) is 7. The third kappa shape index (κ3) is 6.00. The number of nitrogens with one attached hydrogen (secondary N) is 1. The second kappa shape index (κ2) is 11.3. The van der Waals surface area contributed by atoms with Gasteiger partial charge >= 0.3 is 0 Å². The summed E-state index contributed by atoms with van der Waals surface area (Å²) >= 11 is 0. The van der Waals surface area contributed by atoms with Gasteiger partial charge < -0.3 is 24.3 Å². The van der Waals surface area contributed by atoms with Gasteiger partial charge in [-0.1, -0.05) is 24.3 Å². The first-order valence-electron chi connectivity index (χ1n) is 9.73. The highest BCUT2D eigenvalue weighted by molar-refractivity contribution is 6.25. The van der Waals surface area contributed by atoms with Crippen LogP contribution in [0, 0.1) is 0 Å². The molecule has 0 fully saturated rings. The van der Waals surface area contributed by atoms with Crippen LogP contribution in [0.25, 0.3) is 0 Å². The van der Waals surface area contributed by atoms with Crippen molar-refractivity contribution in [3.63, 3.8) is 0 Å². The van der Waals surface area contributed by atoms with E-state index < -0.39 is 0 Å². The number of allylic oxidation sites excluding steroid dienone is 2. The minimum atomic E-state index is -0.200. The highest BCUT2D eigenvalue weighted by Crippen LogP contribution is 2.23. The van der Waals surface area contributed by atoms with Gasteiger partial charge in [0.2, 0.25) is 5.78 Å². The van der Waals surface area contributed by atoms with Gasteiger partial charge in [0.25, 0.3) is 0 Å². The molecule has 0 unspecified atom stereocenters. The van der Waals surface area contributed by atoms with E-state index in [2.05, 4.69) is 5.32 Å². The number of ether oxygens (including phenoxy) is 4. The van der Waals surface area contributed by atoms with Gasteiger partial charge in [0, 0.05) is 30.0 Å². The summed E-state index contributed by atoms with van der Waals surface area (Å²) in [6.07, 6.45) is 1.34. The molecule has 0 aromatic heterocycles. The van der Waals surface area contributed by atoms with E-state index in [0.717, 1.165) is 0 Å². The van der Waals surface area contributed by atoms with Crippen LogP contribution in [0.2, 0.25) is 0 Å². The van der Waals surface area contributed by atoms with Gasteiger partial charge in [-0.3, -0.25) is 9.59 Å². The van der Waals surface area contributed by atoms with Crippen LogP contribution in [-0.4, -0.2) is 58.3 Å². The maximum atomic E-state index is 12.6. The molecule has 158 valence electrons. The van der Waals surface area contributed by atoms with Gasteiger partial charge in [-0.05, 0) is 24.3 Å². The smallest absolute Gasteiger partial charge is 0.210 e. The largest absolute Gasteiger partial charge is 0.491 e. The molecule has 0 saturated carbocycles. The van der Waals surface area contributed by atoms with E-state index in [1.807, 2.05) is 0 Å². The molecule has 7 nitrogen and oxygen atoms in total. The Morgan fingerprint density at radius 1 is 0.767 bits per heavy atom. The number of carbonyl (C=O) groups is 2. The Balaban J connectivity index is 1.42. The lowest BCUT2D eigenvalue weighted by molar-refractivity contribution is 0.0180. The number of ketones is 2. The maximum Gasteiger partial charge on any atom is 0.210 e. The van der Waals surface area contributed by atoms with E-state index in [4.69, 9.17) is 18.9 Å². The second-order valence-corrected chi connectivity index (χ2v) is 6.51. The van der Waals surface area contributed by atoms with Crippen molar-refractivity contribution < 1.29 is 28.5 Å². The monoisotopic (exact) mass is 411 g/mol. The van der Waals surface area contributed by atoms with E-state index in [0.29, 0.717) is 62.2 Å². The fourth-order valence-electron chi connectivity index (χ4n) is 2.88. The lowest BCUT2D eigenvalue weighted by atomic mass is 9.92. The van der Waals surface area contributed by atoms with Gasteiger partial charge in [0.05, 0.1) is 38.7 Å². The first kappa shape index (κ1) is 21.7. The normalized spacial score (nSPS) is 13.0. The molecule has 0 saturated heterocycles. The van der Waals surface area contributed by atoms with Crippen LogP contribution >= 0.6 is 0 Å². The third-order valence-corrected chi connectivity index (χ3v) is 4.39. The summed E-state index contributed by atoms with van der Waals surface area (Å²) in [7, 11) is 1.63. The van der Waals surface area contributed by atoms with Crippen LogP contribution in [0.15, 0.2) is 60.3 Å². The first-order valence-corrected chi connectivity index (χ1v) is 9.73. The zero-order valence-corrected chi connectivity index (χ0v) is 16.9.